The van der Waals surface area contributed by atoms with Gasteiger partial charge in [-0.3, -0.25) is 0 Å². The Morgan fingerprint density at radius 2 is 2.11 bits per heavy atom. The number of anilines is 1. The SMILES string of the molecule is CCCNc1nc(SC(C)C(C)C)c2ccsc2n1. The fraction of sp³-hybridized carbons (Fsp3) is 0.571. The Balaban J connectivity index is 2.31. The van der Waals surface area contributed by atoms with Crippen LogP contribution in [-0.2, 0) is 0 Å². The maximum Gasteiger partial charge on any atom is 0.225 e. The van der Waals surface area contributed by atoms with Crippen molar-refractivity contribution in [1.82, 2.24) is 9.97 Å². The second-order valence-corrected chi connectivity index (χ2v) is 7.25. The van der Waals surface area contributed by atoms with E-state index < -0.39 is 0 Å². The molecule has 2 rings (SSSR count). The quantitative estimate of drug-likeness (QED) is 0.622. The molecule has 0 saturated carbocycles. The van der Waals surface area contributed by atoms with E-state index in [1.54, 1.807) is 11.3 Å². The molecular formula is C14H21N3S2. The van der Waals surface area contributed by atoms with Crippen molar-refractivity contribution in [3.05, 3.63) is 11.4 Å². The van der Waals surface area contributed by atoms with Crippen molar-refractivity contribution in [1.29, 1.82) is 0 Å². The van der Waals surface area contributed by atoms with Crippen LogP contribution in [0.4, 0.5) is 5.95 Å². The van der Waals surface area contributed by atoms with Gasteiger partial charge < -0.3 is 5.32 Å². The highest BCUT2D eigenvalue weighted by molar-refractivity contribution is 8.00. The molecule has 2 heterocycles. The van der Waals surface area contributed by atoms with Crippen LogP contribution in [0.25, 0.3) is 10.2 Å². The number of fused-ring (bicyclic) bond motifs is 1. The number of thiophene rings is 1. The Morgan fingerprint density at radius 1 is 1.32 bits per heavy atom. The predicted octanol–water partition coefficient (Wildman–Crippen LogP) is 4.65. The molecule has 3 nitrogen and oxygen atoms in total. The number of rotatable bonds is 6. The second-order valence-electron chi connectivity index (χ2n) is 4.99. The van der Waals surface area contributed by atoms with Crippen molar-refractivity contribution in [2.45, 2.75) is 44.4 Å². The van der Waals surface area contributed by atoms with Crippen LogP contribution in [0.1, 0.15) is 34.1 Å². The molecule has 104 valence electrons. The van der Waals surface area contributed by atoms with E-state index in [1.807, 2.05) is 11.8 Å². The summed E-state index contributed by atoms with van der Waals surface area (Å²) in [6.45, 7) is 9.82. The summed E-state index contributed by atoms with van der Waals surface area (Å²) in [5.41, 5.74) is 0. The van der Waals surface area contributed by atoms with E-state index in [0.717, 1.165) is 28.8 Å². The molecule has 0 radical (unpaired) electrons. The minimum absolute atomic E-state index is 0.553. The number of aromatic nitrogens is 2. The summed E-state index contributed by atoms with van der Waals surface area (Å²) < 4.78 is 0. The number of hydrogen-bond acceptors (Lipinski definition) is 5. The molecule has 5 heteroatoms. The van der Waals surface area contributed by atoms with E-state index in [4.69, 9.17) is 0 Å². The van der Waals surface area contributed by atoms with Gasteiger partial charge in [-0.05, 0) is 23.8 Å². The normalized spacial score (nSPS) is 13.1. The molecule has 19 heavy (non-hydrogen) atoms. The third-order valence-electron chi connectivity index (χ3n) is 3.06. The minimum Gasteiger partial charge on any atom is -0.354 e. The number of hydrogen-bond donors (Lipinski definition) is 1. The zero-order valence-corrected chi connectivity index (χ0v) is 13.6. The van der Waals surface area contributed by atoms with Gasteiger partial charge in [0.05, 0.1) is 0 Å². The fourth-order valence-electron chi connectivity index (χ4n) is 1.55. The Kier molecular flexibility index (Phi) is 5.05. The first-order valence-corrected chi connectivity index (χ1v) is 8.53. The highest BCUT2D eigenvalue weighted by Crippen LogP contribution is 2.34. The number of nitrogens with one attached hydrogen (secondary N) is 1. The van der Waals surface area contributed by atoms with Crippen molar-refractivity contribution >= 4 is 39.3 Å². The van der Waals surface area contributed by atoms with Gasteiger partial charge in [0.2, 0.25) is 5.95 Å². The molecule has 0 amide bonds. The Hall–Kier alpha value is -0.810. The lowest BCUT2D eigenvalue weighted by molar-refractivity contribution is 0.642. The maximum atomic E-state index is 4.68. The Morgan fingerprint density at radius 3 is 2.79 bits per heavy atom. The fourth-order valence-corrected chi connectivity index (χ4v) is 3.43. The molecule has 2 aromatic heterocycles. The molecule has 0 aliphatic rings. The van der Waals surface area contributed by atoms with E-state index in [2.05, 4.69) is 54.4 Å². The molecule has 0 fully saturated rings. The van der Waals surface area contributed by atoms with Gasteiger partial charge in [-0.1, -0.05) is 27.7 Å². The summed E-state index contributed by atoms with van der Waals surface area (Å²) in [6.07, 6.45) is 1.08. The standard InChI is InChI=1S/C14H21N3S2/c1-5-7-15-14-16-12-11(6-8-18-12)13(17-14)19-10(4)9(2)3/h6,8-10H,5,7H2,1-4H3,(H,15,16,17). The van der Waals surface area contributed by atoms with E-state index in [0.29, 0.717) is 11.2 Å². The van der Waals surface area contributed by atoms with Gasteiger partial charge in [-0.2, -0.15) is 0 Å². The number of thioether (sulfide) groups is 1. The van der Waals surface area contributed by atoms with Crippen LogP contribution in [0, 0.1) is 5.92 Å². The molecule has 0 aliphatic heterocycles. The number of nitrogens with zero attached hydrogens (tertiary/aromatic N) is 2. The van der Waals surface area contributed by atoms with Crippen LogP contribution >= 0.6 is 23.1 Å². The maximum absolute atomic E-state index is 4.68. The summed E-state index contributed by atoms with van der Waals surface area (Å²) in [7, 11) is 0. The van der Waals surface area contributed by atoms with Gasteiger partial charge in [0, 0.05) is 17.2 Å². The summed E-state index contributed by atoms with van der Waals surface area (Å²) in [5, 5.41) is 8.22. The van der Waals surface area contributed by atoms with E-state index in [-0.39, 0.29) is 0 Å². The van der Waals surface area contributed by atoms with Gasteiger partial charge in [0.1, 0.15) is 9.86 Å². The average Bonchev–Trinajstić information content (AvgIpc) is 2.84. The summed E-state index contributed by atoms with van der Waals surface area (Å²) in [6, 6.07) is 2.12. The average molecular weight is 295 g/mol. The van der Waals surface area contributed by atoms with Crippen LogP contribution in [0.15, 0.2) is 16.5 Å². The Labute approximate surface area is 123 Å². The zero-order chi connectivity index (χ0) is 13.8. The lowest BCUT2D eigenvalue weighted by Crippen LogP contribution is -2.08. The first-order chi connectivity index (χ1) is 9.11. The first-order valence-electron chi connectivity index (χ1n) is 6.77. The van der Waals surface area contributed by atoms with Crippen LogP contribution in [0.5, 0.6) is 0 Å². The van der Waals surface area contributed by atoms with Gasteiger partial charge in [-0.25, -0.2) is 9.97 Å². The molecular weight excluding hydrogens is 274 g/mol. The van der Waals surface area contributed by atoms with Gasteiger partial charge in [-0.15, -0.1) is 23.1 Å². The molecule has 1 N–H and O–H groups in total. The largest absolute Gasteiger partial charge is 0.354 e. The molecule has 0 spiro atoms. The minimum atomic E-state index is 0.553. The van der Waals surface area contributed by atoms with Gasteiger partial charge in [0.15, 0.2) is 0 Å². The van der Waals surface area contributed by atoms with E-state index in [9.17, 15) is 0 Å². The van der Waals surface area contributed by atoms with Crippen molar-refractivity contribution in [2.24, 2.45) is 5.92 Å². The van der Waals surface area contributed by atoms with E-state index in [1.165, 1.54) is 5.39 Å². The first kappa shape index (κ1) is 14.6. The molecule has 1 atom stereocenters. The molecule has 0 aliphatic carbocycles. The molecule has 0 bridgehead atoms. The molecule has 2 aromatic rings. The Bertz CT molecular complexity index is 536. The lowest BCUT2D eigenvalue weighted by Gasteiger charge is -2.15. The summed E-state index contributed by atoms with van der Waals surface area (Å²) in [5.74, 6) is 1.40. The predicted molar refractivity (Wildman–Crippen MR) is 86.4 cm³/mol. The summed E-state index contributed by atoms with van der Waals surface area (Å²) >= 11 is 3.53. The second kappa shape index (κ2) is 6.57. The summed E-state index contributed by atoms with van der Waals surface area (Å²) in [4.78, 5) is 10.3. The van der Waals surface area contributed by atoms with Crippen LogP contribution < -0.4 is 5.32 Å². The van der Waals surface area contributed by atoms with Gasteiger partial charge in [0.25, 0.3) is 0 Å². The van der Waals surface area contributed by atoms with E-state index >= 15 is 0 Å². The third-order valence-corrected chi connectivity index (χ3v) is 5.32. The molecule has 0 aromatic carbocycles. The highest BCUT2D eigenvalue weighted by atomic mass is 32.2. The zero-order valence-electron chi connectivity index (χ0n) is 11.9. The van der Waals surface area contributed by atoms with Crippen LogP contribution in [0.3, 0.4) is 0 Å². The van der Waals surface area contributed by atoms with Crippen LogP contribution in [0.2, 0.25) is 0 Å². The monoisotopic (exact) mass is 295 g/mol. The van der Waals surface area contributed by atoms with Crippen molar-refractivity contribution in [3.8, 4) is 0 Å². The van der Waals surface area contributed by atoms with Gasteiger partial charge >= 0.3 is 0 Å². The third kappa shape index (κ3) is 3.60. The van der Waals surface area contributed by atoms with Crippen LogP contribution in [-0.4, -0.2) is 21.8 Å². The topological polar surface area (TPSA) is 37.8 Å². The van der Waals surface area contributed by atoms with Crippen molar-refractivity contribution < 1.29 is 0 Å². The highest BCUT2D eigenvalue weighted by Gasteiger charge is 2.14. The van der Waals surface area contributed by atoms with Crippen molar-refractivity contribution in [2.75, 3.05) is 11.9 Å². The molecule has 1 unspecified atom stereocenters. The molecule has 0 saturated heterocycles. The smallest absolute Gasteiger partial charge is 0.225 e. The van der Waals surface area contributed by atoms with Crippen molar-refractivity contribution in [3.63, 3.8) is 0 Å². The lowest BCUT2D eigenvalue weighted by atomic mass is 10.2.